The molecule has 0 rings (SSSR count). The summed E-state index contributed by atoms with van der Waals surface area (Å²) in [6.45, 7) is 8.86. The lowest BCUT2D eigenvalue weighted by atomic mass is 9.82. The number of nitrogens with two attached hydrogens (primary N) is 1. The summed E-state index contributed by atoms with van der Waals surface area (Å²) < 4.78 is 0. The second kappa shape index (κ2) is 5.64. The third-order valence-electron chi connectivity index (χ3n) is 2.74. The largest absolute Gasteiger partial charge is 0.348 e. The molecule has 2 atom stereocenters. The fourth-order valence-electron chi connectivity index (χ4n) is 2.30. The molecule has 96 valence electrons. The quantitative estimate of drug-likeness (QED) is 0.774. The van der Waals surface area contributed by atoms with Gasteiger partial charge in [0.2, 0.25) is 5.91 Å². The van der Waals surface area contributed by atoms with Gasteiger partial charge in [-0.3, -0.25) is 9.69 Å². The summed E-state index contributed by atoms with van der Waals surface area (Å²) >= 11 is 0. The Morgan fingerprint density at radius 1 is 1.25 bits per heavy atom. The van der Waals surface area contributed by atoms with Gasteiger partial charge in [0.25, 0.3) is 0 Å². The summed E-state index contributed by atoms with van der Waals surface area (Å²) in [5.74, 6) is 0.109. The Morgan fingerprint density at radius 2 is 1.69 bits per heavy atom. The molecule has 1 amide bonds. The second-order valence-electron chi connectivity index (χ2n) is 5.87. The molecule has 4 nitrogen and oxygen atoms in total. The first-order valence-corrected chi connectivity index (χ1v) is 5.73. The highest BCUT2D eigenvalue weighted by Crippen LogP contribution is 2.25. The van der Waals surface area contributed by atoms with Crippen molar-refractivity contribution in [1.29, 1.82) is 0 Å². The summed E-state index contributed by atoms with van der Waals surface area (Å²) in [5.41, 5.74) is 6.07. The average Bonchev–Trinajstić information content (AvgIpc) is 1.99. The van der Waals surface area contributed by atoms with E-state index in [1.165, 1.54) is 0 Å². The Morgan fingerprint density at radius 3 is 1.94 bits per heavy atom. The Bertz CT molecular complexity index is 231. The maximum Gasteiger partial charge on any atom is 0.236 e. The highest BCUT2D eigenvalue weighted by molar-refractivity contribution is 5.77. The lowest BCUT2D eigenvalue weighted by Gasteiger charge is -2.40. The number of nitrogens with zero attached hydrogens (tertiary/aromatic N) is 2. The van der Waals surface area contributed by atoms with Gasteiger partial charge < -0.3 is 10.6 Å². The van der Waals surface area contributed by atoms with Crippen LogP contribution in [0, 0.1) is 5.41 Å². The van der Waals surface area contributed by atoms with E-state index in [2.05, 4.69) is 20.8 Å². The van der Waals surface area contributed by atoms with E-state index in [9.17, 15) is 4.79 Å². The van der Waals surface area contributed by atoms with E-state index in [0.717, 1.165) is 0 Å². The molecule has 0 radical (unpaired) electrons. The maximum atomic E-state index is 11.7. The average molecular weight is 229 g/mol. The molecule has 2 N–H and O–H groups in total. The molecule has 0 aromatic carbocycles. The molecule has 0 bridgehead atoms. The molecule has 0 aliphatic rings. The molecule has 0 spiro atoms. The van der Waals surface area contributed by atoms with Crippen LogP contribution in [0.15, 0.2) is 0 Å². The van der Waals surface area contributed by atoms with Crippen LogP contribution in [0.3, 0.4) is 0 Å². The fraction of sp³-hybridized carbons (Fsp3) is 0.917. The van der Waals surface area contributed by atoms with Gasteiger partial charge in [-0.25, -0.2) is 0 Å². The Kier molecular flexibility index (Phi) is 5.42. The van der Waals surface area contributed by atoms with Crippen LogP contribution in [0.5, 0.6) is 0 Å². The SMILES string of the molecule is CC(N)C(N(C)CC(=O)N(C)C)C(C)(C)C. The van der Waals surface area contributed by atoms with Gasteiger partial charge in [-0.1, -0.05) is 20.8 Å². The molecule has 16 heavy (non-hydrogen) atoms. The van der Waals surface area contributed by atoms with E-state index in [1.807, 2.05) is 18.9 Å². The Balaban J connectivity index is 4.65. The van der Waals surface area contributed by atoms with Gasteiger partial charge in [-0.15, -0.1) is 0 Å². The van der Waals surface area contributed by atoms with Crippen molar-refractivity contribution in [1.82, 2.24) is 9.80 Å². The zero-order valence-corrected chi connectivity index (χ0v) is 11.7. The Labute approximate surface area is 99.8 Å². The van der Waals surface area contributed by atoms with E-state index in [1.54, 1.807) is 19.0 Å². The zero-order valence-electron chi connectivity index (χ0n) is 11.7. The van der Waals surface area contributed by atoms with Gasteiger partial charge in [0.1, 0.15) is 0 Å². The van der Waals surface area contributed by atoms with E-state index in [0.29, 0.717) is 6.54 Å². The molecule has 0 aliphatic heterocycles. The first kappa shape index (κ1) is 15.4. The summed E-state index contributed by atoms with van der Waals surface area (Å²) in [4.78, 5) is 15.3. The number of carbonyl (C=O) groups excluding carboxylic acids is 1. The zero-order chi connectivity index (χ0) is 13.1. The molecule has 4 heteroatoms. The highest BCUT2D eigenvalue weighted by Gasteiger charge is 2.32. The number of amides is 1. The van der Waals surface area contributed by atoms with E-state index in [-0.39, 0.29) is 23.4 Å². The summed E-state index contributed by atoms with van der Waals surface area (Å²) in [6, 6.07) is 0.233. The topological polar surface area (TPSA) is 49.6 Å². The molecule has 0 aliphatic carbocycles. The van der Waals surface area contributed by atoms with Gasteiger partial charge in [0.05, 0.1) is 6.54 Å². The van der Waals surface area contributed by atoms with Crippen molar-refractivity contribution >= 4 is 5.91 Å². The second-order valence-corrected chi connectivity index (χ2v) is 5.87. The van der Waals surface area contributed by atoms with E-state index >= 15 is 0 Å². The number of rotatable bonds is 4. The molecular weight excluding hydrogens is 202 g/mol. The first-order chi connectivity index (χ1) is 7.07. The minimum atomic E-state index is 0.0416. The van der Waals surface area contributed by atoms with Crippen molar-refractivity contribution in [3.05, 3.63) is 0 Å². The number of hydrogen-bond acceptors (Lipinski definition) is 3. The predicted molar refractivity (Wildman–Crippen MR) is 68.2 cm³/mol. The lowest BCUT2D eigenvalue weighted by Crippen LogP contribution is -2.54. The third-order valence-corrected chi connectivity index (χ3v) is 2.74. The van der Waals surface area contributed by atoms with E-state index in [4.69, 9.17) is 5.73 Å². The van der Waals surface area contributed by atoms with Crippen molar-refractivity contribution in [2.75, 3.05) is 27.7 Å². The molecule has 0 aromatic heterocycles. The van der Waals surface area contributed by atoms with Gasteiger partial charge in [-0.05, 0) is 19.4 Å². The van der Waals surface area contributed by atoms with Crippen molar-refractivity contribution in [3.63, 3.8) is 0 Å². The van der Waals surface area contributed by atoms with Crippen LogP contribution in [0.4, 0.5) is 0 Å². The number of likely N-dealkylation sites (N-methyl/N-ethyl adjacent to an activating group) is 2. The summed E-state index contributed by atoms with van der Waals surface area (Å²) in [6.07, 6.45) is 0. The standard InChI is InChI=1S/C12H27N3O/c1-9(13)11(12(2,3)4)15(7)8-10(16)14(5)6/h9,11H,8,13H2,1-7H3. The minimum Gasteiger partial charge on any atom is -0.348 e. The fourth-order valence-corrected chi connectivity index (χ4v) is 2.30. The van der Waals surface area contributed by atoms with Crippen LogP contribution in [-0.4, -0.2) is 55.5 Å². The normalized spacial score (nSPS) is 16.1. The summed E-state index contributed by atoms with van der Waals surface area (Å²) in [5, 5.41) is 0. The van der Waals surface area contributed by atoms with Crippen LogP contribution in [0.25, 0.3) is 0 Å². The molecule has 2 unspecified atom stereocenters. The van der Waals surface area contributed by atoms with Gasteiger partial charge in [-0.2, -0.15) is 0 Å². The smallest absolute Gasteiger partial charge is 0.236 e. The molecule has 0 saturated carbocycles. The monoisotopic (exact) mass is 229 g/mol. The maximum absolute atomic E-state index is 11.7. The van der Waals surface area contributed by atoms with Crippen LogP contribution < -0.4 is 5.73 Å². The number of hydrogen-bond donors (Lipinski definition) is 1. The predicted octanol–water partition coefficient (Wildman–Crippen LogP) is 0.768. The van der Waals surface area contributed by atoms with Crippen LogP contribution in [-0.2, 0) is 4.79 Å². The van der Waals surface area contributed by atoms with Gasteiger partial charge in [0.15, 0.2) is 0 Å². The van der Waals surface area contributed by atoms with Crippen LogP contribution in [0.1, 0.15) is 27.7 Å². The van der Waals surface area contributed by atoms with Crippen LogP contribution in [0.2, 0.25) is 0 Å². The Hall–Kier alpha value is -0.610. The first-order valence-electron chi connectivity index (χ1n) is 5.73. The molecule has 0 heterocycles. The van der Waals surface area contributed by atoms with Crippen molar-refractivity contribution < 1.29 is 4.79 Å². The van der Waals surface area contributed by atoms with E-state index < -0.39 is 0 Å². The third kappa shape index (κ3) is 4.49. The van der Waals surface area contributed by atoms with Gasteiger partial charge in [0, 0.05) is 26.2 Å². The molecule has 0 saturated heterocycles. The van der Waals surface area contributed by atoms with Crippen molar-refractivity contribution in [2.45, 2.75) is 39.8 Å². The molecule has 0 fully saturated rings. The number of carbonyl (C=O) groups is 1. The van der Waals surface area contributed by atoms with Crippen molar-refractivity contribution in [3.8, 4) is 0 Å². The van der Waals surface area contributed by atoms with Gasteiger partial charge >= 0.3 is 0 Å². The summed E-state index contributed by atoms with van der Waals surface area (Å²) in [7, 11) is 5.50. The highest BCUT2D eigenvalue weighted by atomic mass is 16.2. The lowest BCUT2D eigenvalue weighted by molar-refractivity contribution is -0.130. The molecule has 0 aromatic rings. The molecular formula is C12H27N3O. The van der Waals surface area contributed by atoms with Crippen molar-refractivity contribution in [2.24, 2.45) is 11.1 Å². The minimum absolute atomic E-state index is 0.0416. The van der Waals surface area contributed by atoms with Crippen LogP contribution >= 0.6 is 0 Å².